The van der Waals surface area contributed by atoms with Crippen LogP contribution in [0.3, 0.4) is 0 Å². The number of unbranched alkanes of at least 4 members (excludes halogenated alkanes) is 8. The molecule has 0 heterocycles. The molecule has 240 valence electrons. The summed E-state index contributed by atoms with van der Waals surface area (Å²) in [6, 6.07) is 37.5. The van der Waals surface area contributed by atoms with E-state index in [1.165, 1.54) is 110 Å². The minimum atomic E-state index is -0.106. The van der Waals surface area contributed by atoms with Crippen LogP contribution in [-0.2, 0) is 28.8 Å². The van der Waals surface area contributed by atoms with Gasteiger partial charge in [0.2, 0.25) is 0 Å². The summed E-state index contributed by atoms with van der Waals surface area (Å²) in [6.07, 6.45) is 15.7. The summed E-state index contributed by atoms with van der Waals surface area (Å²) in [4.78, 5) is 0. The van der Waals surface area contributed by atoms with Gasteiger partial charge in [0, 0.05) is 0 Å². The van der Waals surface area contributed by atoms with Crippen LogP contribution in [0.15, 0.2) is 97.1 Å². The Kier molecular flexibility index (Phi) is 20.7. The number of hydrogen-bond acceptors (Lipinski definition) is 2. The van der Waals surface area contributed by atoms with Gasteiger partial charge in [0.25, 0.3) is 0 Å². The van der Waals surface area contributed by atoms with E-state index in [2.05, 4.69) is 74.5 Å². The van der Waals surface area contributed by atoms with Crippen molar-refractivity contribution in [1.29, 1.82) is 10.5 Å². The number of rotatable bonds is 14. The third kappa shape index (κ3) is 15.8. The van der Waals surface area contributed by atoms with Crippen LogP contribution in [-0.4, -0.2) is 0 Å². The molecule has 4 aromatic carbocycles. The topological polar surface area (TPSA) is 47.6 Å². The molecule has 0 fully saturated rings. The van der Waals surface area contributed by atoms with Gasteiger partial charge in [-0.15, -0.1) is 0 Å². The Bertz CT molecular complexity index is 1290. The van der Waals surface area contributed by atoms with Gasteiger partial charge in [-0.1, -0.05) is 138 Å². The number of nitrogens with zero attached hydrogens (tertiary/aromatic N) is 2. The van der Waals surface area contributed by atoms with Crippen LogP contribution in [0.1, 0.15) is 100 Å². The average molecular weight is 732 g/mol. The van der Waals surface area contributed by atoms with Gasteiger partial charge in [-0.2, -0.15) is 10.5 Å². The van der Waals surface area contributed by atoms with E-state index >= 15 is 0 Å². The van der Waals surface area contributed by atoms with Gasteiger partial charge in [-0.05, 0) is 83.3 Å². The van der Waals surface area contributed by atoms with Crippen molar-refractivity contribution in [2.45, 2.75) is 90.9 Å². The van der Waals surface area contributed by atoms with Crippen LogP contribution < -0.4 is 0 Å². The summed E-state index contributed by atoms with van der Waals surface area (Å²) in [7, 11) is 9.63. The van der Waals surface area contributed by atoms with Gasteiger partial charge in [0.1, 0.15) is 0 Å². The van der Waals surface area contributed by atoms with E-state index in [1.54, 1.807) is 0 Å². The molecule has 45 heavy (non-hydrogen) atoms. The SMILES string of the molecule is CCCCCCCc1ccc(-c2ccc(C#N)cc2)cc1.CCCCCCCc1ccc(-c2ccc(C#N)cc2)cc1.[Cl][Pd][Cl]. The van der Waals surface area contributed by atoms with Crippen molar-refractivity contribution in [2.24, 2.45) is 0 Å². The first-order valence-electron chi connectivity index (χ1n) is 16.1. The van der Waals surface area contributed by atoms with Crippen LogP contribution in [0.4, 0.5) is 0 Å². The van der Waals surface area contributed by atoms with Crippen molar-refractivity contribution in [3.8, 4) is 34.4 Å². The third-order valence-electron chi connectivity index (χ3n) is 7.74. The molecule has 0 bridgehead atoms. The number of halogens is 2. The van der Waals surface area contributed by atoms with Crippen molar-refractivity contribution < 1.29 is 15.9 Å². The van der Waals surface area contributed by atoms with Crippen LogP contribution in [0, 0.1) is 22.7 Å². The van der Waals surface area contributed by atoms with E-state index in [0.29, 0.717) is 11.1 Å². The summed E-state index contributed by atoms with van der Waals surface area (Å²) in [6.45, 7) is 4.50. The van der Waals surface area contributed by atoms with E-state index in [9.17, 15) is 0 Å². The number of nitriles is 2. The maximum atomic E-state index is 8.82. The second-order valence-electron chi connectivity index (χ2n) is 11.1. The van der Waals surface area contributed by atoms with Crippen molar-refractivity contribution in [3.63, 3.8) is 0 Å². The summed E-state index contributed by atoms with van der Waals surface area (Å²) in [5.41, 5.74) is 9.04. The Morgan fingerprint density at radius 1 is 0.444 bits per heavy atom. The summed E-state index contributed by atoms with van der Waals surface area (Å²) in [5, 5.41) is 17.6. The fourth-order valence-corrected chi connectivity index (χ4v) is 5.07. The molecule has 4 rings (SSSR count). The average Bonchev–Trinajstić information content (AvgIpc) is 3.09. The molecule has 0 aliphatic heterocycles. The first-order valence-corrected chi connectivity index (χ1v) is 20.1. The number of benzene rings is 4. The van der Waals surface area contributed by atoms with E-state index < -0.39 is 0 Å². The van der Waals surface area contributed by atoms with E-state index in [4.69, 9.17) is 29.6 Å². The summed E-state index contributed by atoms with van der Waals surface area (Å²) < 4.78 is 0. The Balaban J connectivity index is 0.000000288. The Morgan fingerprint density at radius 2 is 0.711 bits per heavy atom. The van der Waals surface area contributed by atoms with Gasteiger partial charge in [0.05, 0.1) is 23.3 Å². The monoisotopic (exact) mass is 730 g/mol. The predicted molar refractivity (Wildman–Crippen MR) is 190 cm³/mol. The minimum absolute atomic E-state index is 0.106. The normalized spacial score (nSPS) is 10.1. The van der Waals surface area contributed by atoms with E-state index in [1.807, 2.05) is 48.5 Å². The molecule has 0 radical (unpaired) electrons. The molecule has 0 saturated carbocycles. The second-order valence-corrected chi connectivity index (χ2v) is 13.5. The first-order chi connectivity index (χ1) is 22.1. The van der Waals surface area contributed by atoms with Gasteiger partial charge in [-0.3, -0.25) is 0 Å². The van der Waals surface area contributed by atoms with Crippen LogP contribution in [0.25, 0.3) is 22.3 Å². The van der Waals surface area contributed by atoms with E-state index in [-0.39, 0.29) is 15.9 Å². The molecule has 0 aliphatic rings. The maximum absolute atomic E-state index is 8.82. The van der Waals surface area contributed by atoms with Crippen molar-refractivity contribution in [3.05, 3.63) is 119 Å². The molecule has 5 heteroatoms. The van der Waals surface area contributed by atoms with Crippen molar-refractivity contribution in [2.75, 3.05) is 0 Å². The van der Waals surface area contributed by atoms with Crippen molar-refractivity contribution >= 4 is 19.1 Å². The molecular formula is C40H46Cl2N2Pd. The molecule has 0 N–H and O–H groups in total. The fourth-order valence-electron chi connectivity index (χ4n) is 5.07. The zero-order valence-corrected chi connectivity index (χ0v) is 29.8. The molecule has 0 aliphatic carbocycles. The van der Waals surface area contributed by atoms with Crippen LogP contribution >= 0.6 is 19.1 Å². The Morgan fingerprint density at radius 3 is 0.978 bits per heavy atom. The molecular weight excluding hydrogens is 686 g/mol. The number of hydrogen-bond donors (Lipinski definition) is 0. The second kappa shape index (κ2) is 24.3. The third-order valence-corrected chi connectivity index (χ3v) is 7.74. The van der Waals surface area contributed by atoms with Gasteiger partial charge >= 0.3 is 35.0 Å². The molecule has 4 aromatic rings. The predicted octanol–water partition coefficient (Wildman–Crippen LogP) is 12.9. The molecule has 2 nitrogen and oxygen atoms in total. The van der Waals surface area contributed by atoms with Gasteiger partial charge in [-0.25, -0.2) is 0 Å². The molecule has 0 atom stereocenters. The van der Waals surface area contributed by atoms with Crippen LogP contribution in [0.5, 0.6) is 0 Å². The standard InChI is InChI=1S/2C20H23N.2ClH.Pd/c2*1-2-3-4-5-6-7-17-8-12-19(13-9-17)20-14-10-18(16-21)11-15-20;;;/h2*8-15H,2-7H2,1H3;2*1H;/q;;;;+2/p-2. The van der Waals surface area contributed by atoms with Gasteiger partial charge in [0.15, 0.2) is 0 Å². The van der Waals surface area contributed by atoms with E-state index in [0.717, 1.165) is 0 Å². The number of aryl methyl sites for hydroxylation is 2. The Hall–Kier alpha value is -2.90. The summed E-state index contributed by atoms with van der Waals surface area (Å²) in [5.74, 6) is 0. The van der Waals surface area contributed by atoms with Crippen LogP contribution in [0.2, 0.25) is 0 Å². The zero-order chi connectivity index (χ0) is 32.5. The Labute approximate surface area is 288 Å². The quantitative estimate of drug-likeness (QED) is 0.0957. The zero-order valence-electron chi connectivity index (χ0n) is 26.7. The van der Waals surface area contributed by atoms with Crippen molar-refractivity contribution in [1.82, 2.24) is 0 Å². The molecule has 0 aromatic heterocycles. The first kappa shape index (κ1) is 38.3. The molecule has 0 spiro atoms. The molecule has 0 unspecified atom stereocenters. The fraction of sp³-hybridized carbons (Fsp3) is 0.350. The molecule has 0 amide bonds. The summed E-state index contributed by atoms with van der Waals surface area (Å²) >= 11 is -0.106. The van der Waals surface area contributed by atoms with Gasteiger partial charge < -0.3 is 0 Å². The molecule has 0 saturated heterocycles.